The number of benzene rings is 2. The fraction of sp³-hybridized carbons (Fsp3) is 0.409. The molecule has 1 fully saturated rings. The molecular weight excluding hydrogens is 372 g/mol. The van der Waals surface area contributed by atoms with Gasteiger partial charge in [-0.3, -0.25) is 0 Å². The van der Waals surface area contributed by atoms with Crippen molar-refractivity contribution in [2.45, 2.75) is 38.9 Å². The zero-order valence-corrected chi connectivity index (χ0v) is 17.4. The third-order valence-electron chi connectivity index (χ3n) is 5.53. The summed E-state index contributed by atoms with van der Waals surface area (Å²) in [6, 6.07) is 11.9. The Morgan fingerprint density at radius 2 is 1.86 bits per heavy atom. The van der Waals surface area contributed by atoms with Crippen LogP contribution in [-0.4, -0.2) is 36.9 Å². The monoisotopic (exact) mass is 398 g/mol. The van der Waals surface area contributed by atoms with Crippen molar-refractivity contribution < 1.29 is 13.2 Å². The molecule has 2 heterocycles. The van der Waals surface area contributed by atoms with E-state index in [0.29, 0.717) is 25.3 Å². The predicted molar refractivity (Wildman–Crippen MR) is 110 cm³/mol. The Balaban J connectivity index is 1.82. The Morgan fingerprint density at radius 1 is 1.14 bits per heavy atom. The summed E-state index contributed by atoms with van der Waals surface area (Å²) in [4.78, 5) is 4.53. The average molecular weight is 399 g/mol. The molecule has 0 aliphatic carbocycles. The Labute approximate surface area is 166 Å². The predicted octanol–water partition coefficient (Wildman–Crippen LogP) is 3.82. The third kappa shape index (κ3) is 3.59. The van der Waals surface area contributed by atoms with Gasteiger partial charge in [0.1, 0.15) is 0 Å². The number of hydrogen-bond donors (Lipinski definition) is 0. The second-order valence-corrected chi connectivity index (χ2v) is 9.79. The Kier molecular flexibility index (Phi) is 5.02. The van der Waals surface area contributed by atoms with E-state index in [9.17, 15) is 8.42 Å². The summed E-state index contributed by atoms with van der Waals surface area (Å²) >= 11 is 0. The minimum Gasteiger partial charge on any atom is -0.381 e. The lowest BCUT2D eigenvalue weighted by molar-refractivity contribution is 0.188. The van der Waals surface area contributed by atoms with Gasteiger partial charge in [0.15, 0.2) is 0 Å². The molecule has 1 saturated heterocycles. The SMILES string of the molecule is Cc1cc(C)c(Cn2c(S(=O)(=O)C[C@@H]3CCOC3)nc3ccccc32)c(C)c1. The van der Waals surface area contributed by atoms with Crippen LogP contribution in [0.15, 0.2) is 41.6 Å². The Hall–Kier alpha value is -2.18. The summed E-state index contributed by atoms with van der Waals surface area (Å²) in [5, 5.41) is 0.167. The number of aryl methyl sites for hydroxylation is 3. The van der Waals surface area contributed by atoms with Gasteiger partial charge in [0.2, 0.25) is 15.0 Å². The standard InChI is InChI=1S/C22H26N2O3S/c1-15-10-16(2)19(17(3)11-15)12-24-21-7-5-4-6-20(21)23-22(24)28(25,26)14-18-8-9-27-13-18/h4-7,10-11,18H,8-9,12-14H2,1-3H3/t18-/m1/s1. The van der Waals surface area contributed by atoms with Crippen LogP contribution in [0.5, 0.6) is 0 Å². The van der Waals surface area contributed by atoms with Crippen molar-refractivity contribution >= 4 is 20.9 Å². The molecule has 0 spiro atoms. The quantitative estimate of drug-likeness (QED) is 0.655. The number of sulfone groups is 1. The Bertz CT molecular complexity index is 1100. The average Bonchev–Trinajstić information content (AvgIpc) is 3.25. The number of hydrogen-bond acceptors (Lipinski definition) is 4. The van der Waals surface area contributed by atoms with Gasteiger partial charge in [-0.1, -0.05) is 29.8 Å². The summed E-state index contributed by atoms with van der Waals surface area (Å²) in [6.45, 7) is 7.88. The van der Waals surface area contributed by atoms with Crippen LogP contribution >= 0.6 is 0 Å². The van der Waals surface area contributed by atoms with Crippen LogP contribution in [0.3, 0.4) is 0 Å². The van der Waals surface area contributed by atoms with E-state index in [1.807, 2.05) is 28.8 Å². The molecule has 6 heteroatoms. The number of rotatable bonds is 5. The highest BCUT2D eigenvalue weighted by Crippen LogP contribution is 2.27. The summed E-state index contributed by atoms with van der Waals surface area (Å²) in [6.07, 6.45) is 0.787. The molecule has 148 valence electrons. The van der Waals surface area contributed by atoms with Crippen LogP contribution in [-0.2, 0) is 21.1 Å². The molecule has 0 radical (unpaired) electrons. The van der Waals surface area contributed by atoms with Crippen LogP contribution in [0.1, 0.15) is 28.7 Å². The lowest BCUT2D eigenvalue weighted by Crippen LogP contribution is -2.21. The number of aromatic nitrogens is 2. The fourth-order valence-corrected chi connectivity index (χ4v) is 5.93. The molecule has 1 aliphatic heterocycles. The van der Waals surface area contributed by atoms with Crippen LogP contribution in [0.4, 0.5) is 0 Å². The normalized spacial score (nSPS) is 17.5. The van der Waals surface area contributed by atoms with Crippen molar-refractivity contribution in [2.75, 3.05) is 19.0 Å². The van der Waals surface area contributed by atoms with Crippen molar-refractivity contribution in [3.63, 3.8) is 0 Å². The van der Waals surface area contributed by atoms with E-state index in [1.165, 1.54) is 16.7 Å². The van der Waals surface area contributed by atoms with E-state index in [0.717, 1.165) is 17.5 Å². The molecule has 4 rings (SSSR count). The molecule has 2 aromatic carbocycles. The van der Waals surface area contributed by atoms with Gasteiger partial charge in [-0.2, -0.15) is 0 Å². The van der Waals surface area contributed by atoms with E-state index in [1.54, 1.807) is 0 Å². The maximum atomic E-state index is 13.3. The molecule has 0 bridgehead atoms. The van der Waals surface area contributed by atoms with Crippen molar-refractivity contribution in [1.29, 1.82) is 0 Å². The number of ether oxygens (including phenoxy) is 1. The third-order valence-corrected chi connectivity index (χ3v) is 7.31. The van der Waals surface area contributed by atoms with E-state index in [4.69, 9.17) is 4.74 Å². The first-order valence-corrected chi connectivity index (χ1v) is 11.3. The largest absolute Gasteiger partial charge is 0.381 e. The molecule has 5 nitrogen and oxygen atoms in total. The Morgan fingerprint density at radius 3 is 2.54 bits per heavy atom. The zero-order chi connectivity index (χ0) is 19.9. The second-order valence-electron chi connectivity index (χ2n) is 7.86. The smallest absolute Gasteiger partial charge is 0.229 e. The van der Waals surface area contributed by atoms with Gasteiger partial charge in [-0.05, 0) is 61.9 Å². The van der Waals surface area contributed by atoms with Crippen molar-refractivity contribution in [3.8, 4) is 0 Å². The molecule has 0 unspecified atom stereocenters. The highest BCUT2D eigenvalue weighted by molar-refractivity contribution is 7.91. The molecule has 0 saturated carbocycles. The molecule has 3 aromatic rings. The fourth-order valence-electron chi connectivity index (χ4n) is 4.16. The van der Waals surface area contributed by atoms with E-state index >= 15 is 0 Å². The van der Waals surface area contributed by atoms with Gasteiger partial charge in [0.25, 0.3) is 0 Å². The number of para-hydroxylation sites is 2. The highest BCUT2D eigenvalue weighted by atomic mass is 32.2. The van der Waals surface area contributed by atoms with E-state index in [2.05, 4.69) is 37.9 Å². The molecule has 1 aromatic heterocycles. The summed E-state index contributed by atoms with van der Waals surface area (Å²) in [7, 11) is -3.52. The first-order chi connectivity index (χ1) is 13.3. The molecule has 28 heavy (non-hydrogen) atoms. The van der Waals surface area contributed by atoms with Crippen LogP contribution < -0.4 is 0 Å². The molecule has 1 aliphatic rings. The van der Waals surface area contributed by atoms with Crippen LogP contribution in [0.2, 0.25) is 0 Å². The van der Waals surface area contributed by atoms with Crippen LogP contribution in [0, 0.1) is 26.7 Å². The van der Waals surface area contributed by atoms with Crippen LogP contribution in [0.25, 0.3) is 11.0 Å². The summed E-state index contributed by atoms with van der Waals surface area (Å²) in [5.74, 6) is 0.128. The van der Waals surface area contributed by atoms with E-state index < -0.39 is 9.84 Å². The molecule has 0 N–H and O–H groups in total. The molecule has 0 amide bonds. The lowest BCUT2D eigenvalue weighted by atomic mass is 10.00. The van der Waals surface area contributed by atoms with Crippen molar-refractivity contribution in [2.24, 2.45) is 5.92 Å². The summed E-state index contributed by atoms with van der Waals surface area (Å²) < 4.78 is 33.7. The first-order valence-electron chi connectivity index (χ1n) is 9.67. The topological polar surface area (TPSA) is 61.2 Å². The van der Waals surface area contributed by atoms with Gasteiger partial charge >= 0.3 is 0 Å². The van der Waals surface area contributed by atoms with Crippen molar-refractivity contribution in [1.82, 2.24) is 9.55 Å². The zero-order valence-electron chi connectivity index (χ0n) is 16.6. The second kappa shape index (κ2) is 7.33. The van der Waals surface area contributed by atoms with Crippen molar-refractivity contribution in [3.05, 3.63) is 58.7 Å². The van der Waals surface area contributed by atoms with Gasteiger partial charge < -0.3 is 9.30 Å². The minimum atomic E-state index is -3.52. The maximum absolute atomic E-state index is 13.3. The lowest BCUT2D eigenvalue weighted by Gasteiger charge is -2.16. The van der Waals surface area contributed by atoms with Gasteiger partial charge in [-0.15, -0.1) is 0 Å². The molecular formula is C22H26N2O3S. The number of imidazole rings is 1. The number of fused-ring (bicyclic) bond motifs is 1. The highest BCUT2D eigenvalue weighted by Gasteiger charge is 2.29. The van der Waals surface area contributed by atoms with E-state index in [-0.39, 0.29) is 16.8 Å². The number of nitrogens with zero attached hydrogens (tertiary/aromatic N) is 2. The summed E-state index contributed by atoms with van der Waals surface area (Å²) in [5.41, 5.74) is 6.26. The van der Waals surface area contributed by atoms with Gasteiger partial charge in [0, 0.05) is 6.61 Å². The van der Waals surface area contributed by atoms with Gasteiger partial charge in [-0.25, -0.2) is 13.4 Å². The molecule has 1 atom stereocenters. The maximum Gasteiger partial charge on any atom is 0.229 e. The van der Waals surface area contributed by atoms with Gasteiger partial charge in [0.05, 0.1) is 29.9 Å². The first kappa shape index (κ1) is 19.2. The minimum absolute atomic E-state index is 0.0427.